The van der Waals surface area contributed by atoms with Crippen molar-refractivity contribution in [2.24, 2.45) is 0 Å². The molecule has 0 amide bonds. The molecular formula is C12H14MnO3. The van der Waals surface area contributed by atoms with Crippen molar-refractivity contribution in [3.05, 3.63) is 23.3 Å². The molecule has 0 saturated heterocycles. The Bertz CT molecular complexity index is 196. The summed E-state index contributed by atoms with van der Waals surface area (Å²) in [6.07, 6.45) is 8.17. The van der Waals surface area contributed by atoms with Crippen LogP contribution in [0.2, 0.25) is 0 Å². The summed E-state index contributed by atoms with van der Waals surface area (Å²) >= 11 is 0. The van der Waals surface area contributed by atoms with E-state index in [0.29, 0.717) is 0 Å². The van der Waals surface area contributed by atoms with Crippen LogP contribution < -0.4 is 0 Å². The van der Waals surface area contributed by atoms with E-state index in [0.717, 1.165) is 0 Å². The van der Waals surface area contributed by atoms with Gasteiger partial charge in [-0.2, -0.15) is 0 Å². The van der Waals surface area contributed by atoms with Crippen molar-refractivity contribution in [1.82, 2.24) is 0 Å². The molecule has 1 aliphatic carbocycles. The second kappa shape index (κ2) is 23.7. The number of hydrogen-bond acceptors (Lipinski definition) is 3. The van der Waals surface area contributed by atoms with Crippen LogP contribution >= 0.6 is 0 Å². The molecular weight excluding hydrogens is 247 g/mol. The van der Waals surface area contributed by atoms with Crippen molar-refractivity contribution in [2.45, 2.75) is 33.1 Å². The third kappa shape index (κ3) is 11.1. The molecule has 4 heteroatoms. The molecule has 7 radical (unpaired) electrons. The Labute approximate surface area is 108 Å². The summed E-state index contributed by atoms with van der Waals surface area (Å²) in [6.45, 7) is 18.0. The molecule has 1 rings (SSSR count). The normalized spacial score (nSPS) is 10.6. The Morgan fingerprint density at radius 1 is 1.00 bits per heavy atom. The van der Waals surface area contributed by atoms with Gasteiger partial charge in [0.2, 0.25) is 0 Å². The van der Waals surface area contributed by atoms with Crippen LogP contribution in [0.1, 0.15) is 33.1 Å². The molecule has 0 aromatic carbocycles. The van der Waals surface area contributed by atoms with Crippen molar-refractivity contribution >= 4 is 20.4 Å². The number of carbonyl (C=O) groups excluding carboxylic acids is 3. The Morgan fingerprint density at radius 2 is 1.44 bits per heavy atom. The van der Waals surface area contributed by atoms with Gasteiger partial charge in [0.15, 0.2) is 0 Å². The minimum Gasteiger partial charge on any atom is -0.281 e. The number of rotatable bonds is 2. The first-order chi connectivity index (χ1) is 7.38. The van der Waals surface area contributed by atoms with Crippen LogP contribution in [0.25, 0.3) is 0 Å². The molecule has 0 heterocycles. The second-order valence-corrected chi connectivity index (χ2v) is 2.44. The molecule has 0 spiro atoms. The zero-order valence-corrected chi connectivity index (χ0v) is 10.6. The van der Waals surface area contributed by atoms with E-state index in [1.54, 1.807) is 11.1 Å². The predicted octanol–water partition coefficient (Wildman–Crippen LogP) is 1.87. The van der Waals surface area contributed by atoms with Gasteiger partial charge in [0.25, 0.3) is 20.4 Å². The summed E-state index contributed by atoms with van der Waals surface area (Å²) in [7, 11) is 0. The zero-order chi connectivity index (χ0) is 12.7. The van der Waals surface area contributed by atoms with Gasteiger partial charge < -0.3 is 0 Å². The molecule has 0 aromatic rings. The molecule has 0 saturated carbocycles. The Kier molecular flexibility index (Phi) is 35.9. The van der Waals surface area contributed by atoms with Crippen LogP contribution in [-0.4, -0.2) is 20.4 Å². The average molecular weight is 261 g/mol. The molecule has 1 aliphatic rings. The van der Waals surface area contributed by atoms with E-state index in [1.165, 1.54) is 19.3 Å². The minimum atomic E-state index is 0. The van der Waals surface area contributed by atoms with Gasteiger partial charge in [-0.3, -0.25) is 14.4 Å². The van der Waals surface area contributed by atoms with Crippen LogP contribution in [0.4, 0.5) is 0 Å². The van der Waals surface area contributed by atoms with Crippen molar-refractivity contribution in [2.75, 3.05) is 0 Å². The molecule has 0 fully saturated rings. The average Bonchev–Trinajstić information content (AvgIpc) is 2.84. The fourth-order valence-corrected chi connectivity index (χ4v) is 1.33. The molecule has 0 aliphatic heterocycles. The SMILES string of the molecule is CCC1=C(CC)CC=C1.[C]=O.[C]=O.[C]=O.[Mn]. The first-order valence-corrected chi connectivity index (χ1v) is 4.37. The molecule has 0 atom stereocenters. The first-order valence-electron chi connectivity index (χ1n) is 4.37. The second-order valence-electron chi connectivity index (χ2n) is 2.44. The van der Waals surface area contributed by atoms with Crippen molar-refractivity contribution < 1.29 is 31.5 Å². The van der Waals surface area contributed by atoms with Gasteiger partial charge in [0.1, 0.15) is 0 Å². The van der Waals surface area contributed by atoms with Gasteiger partial charge in [0, 0.05) is 17.1 Å². The standard InChI is InChI=1S/C9H14.3CO.Mn/c1-3-8-6-5-7-9(8)4-2;3*1-2;/h5-6H,3-4,7H2,1-2H3;;;;. The monoisotopic (exact) mass is 261 g/mol. The fraction of sp³-hybridized carbons (Fsp3) is 0.417. The van der Waals surface area contributed by atoms with Crippen LogP contribution in [0.3, 0.4) is 0 Å². The van der Waals surface area contributed by atoms with Gasteiger partial charge in [-0.25, -0.2) is 0 Å². The van der Waals surface area contributed by atoms with Crippen LogP contribution in [0.5, 0.6) is 0 Å². The van der Waals surface area contributed by atoms with Gasteiger partial charge in [-0.05, 0) is 24.8 Å². The first kappa shape index (κ1) is 24.3. The molecule has 3 nitrogen and oxygen atoms in total. The van der Waals surface area contributed by atoms with E-state index >= 15 is 0 Å². The molecule has 0 bridgehead atoms. The maximum Gasteiger partial charge on any atom is 0.281 e. The minimum absolute atomic E-state index is 0. The fourth-order valence-electron chi connectivity index (χ4n) is 1.33. The summed E-state index contributed by atoms with van der Waals surface area (Å²) in [5.41, 5.74) is 3.20. The maximum absolute atomic E-state index is 7.50. The van der Waals surface area contributed by atoms with Crippen LogP contribution in [0, 0.1) is 0 Å². The molecule has 0 aromatic heterocycles. The van der Waals surface area contributed by atoms with Crippen LogP contribution in [-0.2, 0) is 31.5 Å². The smallest absolute Gasteiger partial charge is 0.281 e. The largest absolute Gasteiger partial charge is 0.281 e. The molecule has 0 unspecified atom stereocenters. The third-order valence-electron chi connectivity index (χ3n) is 1.95. The van der Waals surface area contributed by atoms with Gasteiger partial charge in [0.05, 0.1) is 0 Å². The number of allylic oxidation sites excluding steroid dienone is 4. The van der Waals surface area contributed by atoms with Gasteiger partial charge in [-0.1, -0.05) is 31.6 Å². The van der Waals surface area contributed by atoms with E-state index in [4.69, 9.17) is 14.4 Å². The van der Waals surface area contributed by atoms with Gasteiger partial charge in [-0.15, -0.1) is 0 Å². The summed E-state index contributed by atoms with van der Waals surface area (Å²) in [6, 6.07) is 0. The summed E-state index contributed by atoms with van der Waals surface area (Å²) < 4.78 is 0. The quantitative estimate of drug-likeness (QED) is 0.713. The Hall–Kier alpha value is -0.991. The van der Waals surface area contributed by atoms with E-state index in [1.807, 2.05) is 0 Å². The number of hydrogen-bond donors (Lipinski definition) is 0. The Balaban J connectivity index is -0.0000000900. The molecule has 87 valence electrons. The van der Waals surface area contributed by atoms with Crippen LogP contribution in [0.15, 0.2) is 23.3 Å². The molecule has 16 heavy (non-hydrogen) atoms. The van der Waals surface area contributed by atoms with Crippen molar-refractivity contribution in [3.63, 3.8) is 0 Å². The van der Waals surface area contributed by atoms with E-state index in [2.05, 4.69) is 46.4 Å². The summed E-state index contributed by atoms with van der Waals surface area (Å²) in [5.74, 6) is 0. The molecule has 0 N–H and O–H groups in total. The topological polar surface area (TPSA) is 51.2 Å². The van der Waals surface area contributed by atoms with E-state index < -0.39 is 0 Å². The predicted molar refractivity (Wildman–Crippen MR) is 58.4 cm³/mol. The summed E-state index contributed by atoms with van der Waals surface area (Å²) in [5, 5.41) is 0. The van der Waals surface area contributed by atoms with Gasteiger partial charge >= 0.3 is 0 Å². The van der Waals surface area contributed by atoms with E-state index in [9.17, 15) is 0 Å². The summed E-state index contributed by atoms with van der Waals surface area (Å²) in [4.78, 5) is 22.5. The van der Waals surface area contributed by atoms with Crippen molar-refractivity contribution in [1.29, 1.82) is 0 Å². The maximum atomic E-state index is 7.50. The van der Waals surface area contributed by atoms with E-state index in [-0.39, 0.29) is 17.1 Å². The van der Waals surface area contributed by atoms with Crippen molar-refractivity contribution in [3.8, 4) is 0 Å². The Morgan fingerprint density at radius 3 is 1.69 bits per heavy atom. The zero-order valence-electron chi connectivity index (χ0n) is 9.38. The third-order valence-corrected chi connectivity index (χ3v) is 1.95.